The van der Waals surface area contributed by atoms with Crippen molar-refractivity contribution in [2.45, 2.75) is 0 Å². The van der Waals surface area contributed by atoms with Crippen molar-refractivity contribution >= 4 is 34.8 Å². The van der Waals surface area contributed by atoms with E-state index in [1.807, 2.05) is 0 Å². The normalized spacial score (nSPS) is 11.0. The molecule has 0 atom stereocenters. The summed E-state index contributed by atoms with van der Waals surface area (Å²) in [6.45, 7) is 0. The van der Waals surface area contributed by atoms with E-state index >= 15 is 0 Å². The summed E-state index contributed by atoms with van der Waals surface area (Å²) in [5, 5.41) is 5.23. The Balaban J connectivity index is 1.92. The number of hydrogen-bond donors (Lipinski definition) is 0. The largest absolute Gasteiger partial charge is 0.464 e. The maximum atomic E-state index is 13.2. The monoisotopic (exact) mass is 415 g/mol. The van der Waals surface area contributed by atoms with Crippen molar-refractivity contribution in [1.29, 1.82) is 0 Å². The van der Waals surface area contributed by atoms with Crippen LogP contribution in [0.4, 0.5) is 4.39 Å². The number of halogens is 3. The Kier molecular flexibility index (Phi) is 4.75. The minimum atomic E-state index is -0.567. The number of ether oxygens (including phenoxy) is 1. The summed E-state index contributed by atoms with van der Waals surface area (Å²) in [5.74, 6) is -0.912. The highest BCUT2D eigenvalue weighted by Crippen LogP contribution is 2.29. The van der Waals surface area contributed by atoms with Gasteiger partial charge in [-0.25, -0.2) is 18.7 Å². The van der Waals surface area contributed by atoms with Crippen molar-refractivity contribution in [3.8, 4) is 22.5 Å². The first-order chi connectivity index (χ1) is 13.5. The summed E-state index contributed by atoms with van der Waals surface area (Å²) < 4.78 is 19.5. The number of esters is 1. The first kappa shape index (κ1) is 18.4. The summed E-state index contributed by atoms with van der Waals surface area (Å²) in [7, 11) is 1.29. The molecule has 0 fully saturated rings. The highest BCUT2D eigenvalue weighted by atomic mass is 35.5. The zero-order chi connectivity index (χ0) is 19.8. The lowest BCUT2D eigenvalue weighted by atomic mass is 10.1. The molecule has 4 aromatic rings. The molecule has 2 aromatic carbocycles. The molecule has 0 aliphatic carbocycles. The molecule has 0 saturated heterocycles. The van der Waals surface area contributed by atoms with E-state index in [-0.39, 0.29) is 11.5 Å². The van der Waals surface area contributed by atoms with Crippen LogP contribution in [0, 0.1) is 5.82 Å². The summed E-state index contributed by atoms with van der Waals surface area (Å²) in [6.07, 6.45) is 0. The maximum absolute atomic E-state index is 13.2. The smallest absolute Gasteiger partial charge is 0.356 e. The Morgan fingerprint density at radius 2 is 1.68 bits per heavy atom. The van der Waals surface area contributed by atoms with Crippen molar-refractivity contribution in [1.82, 2.24) is 14.6 Å². The van der Waals surface area contributed by atoms with Gasteiger partial charge >= 0.3 is 5.97 Å². The Labute approximate surface area is 169 Å². The predicted octanol–water partition coefficient (Wildman–Crippen LogP) is 5.30. The van der Waals surface area contributed by atoms with Crippen LogP contribution in [0.15, 0.2) is 54.6 Å². The van der Waals surface area contributed by atoms with Crippen molar-refractivity contribution < 1.29 is 13.9 Å². The molecule has 0 aliphatic rings. The number of carbonyl (C=O) groups excluding carboxylic acids is 1. The number of aromatic nitrogens is 3. The van der Waals surface area contributed by atoms with Crippen molar-refractivity contribution in [3.63, 3.8) is 0 Å². The number of benzene rings is 2. The van der Waals surface area contributed by atoms with Crippen LogP contribution < -0.4 is 0 Å². The standard InChI is InChI=1S/C20H12Cl2FN3O2/c1-28-20(27)18-9-16(12-4-7-14(21)15(22)8-12)24-19-10-17(25-26(18)19)11-2-5-13(23)6-3-11/h2-10H,1H3. The van der Waals surface area contributed by atoms with Gasteiger partial charge in [-0.05, 0) is 42.5 Å². The fourth-order valence-electron chi connectivity index (χ4n) is 2.79. The fourth-order valence-corrected chi connectivity index (χ4v) is 3.09. The Bertz CT molecular complexity index is 1210. The summed E-state index contributed by atoms with van der Waals surface area (Å²) in [6, 6.07) is 14.3. The molecule has 0 bridgehead atoms. The SMILES string of the molecule is COC(=O)c1cc(-c2ccc(Cl)c(Cl)c2)nc2cc(-c3ccc(F)cc3)nn12. The minimum Gasteiger partial charge on any atom is -0.464 e. The summed E-state index contributed by atoms with van der Waals surface area (Å²) in [5.41, 5.74) is 3.07. The molecular weight excluding hydrogens is 404 g/mol. The number of hydrogen-bond acceptors (Lipinski definition) is 4. The van der Waals surface area contributed by atoms with Gasteiger partial charge in [0.05, 0.1) is 28.5 Å². The molecular formula is C20H12Cl2FN3O2. The molecule has 0 unspecified atom stereocenters. The van der Waals surface area contributed by atoms with Crippen LogP contribution in [0.2, 0.25) is 10.0 Å². The van der Waals surface area contributed by atoms with Gasteiger partial charge in [-0.1, -0.05) is 29.3 Å². The van der Waals surface area contributed by atoms with Gasteiger partial charge < -0.3 is 4.74 Å². The number of carbonyl (C=O) groups is 1. The van der Waals surface area contributed by atoms with Crippen molar-refractivity contribution in [2.24, 2.45) is 0 Å². The number of methoxy groups -OCH3 is 1. The average Bonchev–Trinajstić information content (AvgIpc) is 3.13. The van der Waals surface area contributed by atoms with Crippen LogP contribution in [0.25, 0.3) is 28.2 Å². The lowest BCUT2D eigenvalue weighted by Gasteiger charge is -2.07. The Morgan fingerprint density at radius 1 is 0.964 bits per heavy atom. The van der Waals surface area contributed by atoms with E-state index in [2.05, 4.69) is 10.1 Å². The third-order valence-corrected chi connectivity index (χ3v) is 4.92. The Morgan fingerprint density at radius 3 is 2.36 bits per heavy atom. The zero-order valence-corrected chi connectivity index (χ0v) is 16.0. The second-order valence-corrected chi connectivity index (χ2v) is 6.77. The number of fused-ring (bicyclic) bond motifs is 1. The van der Waals surface area contributed by atoms with Gasteiger partial charge in [0, 0.05) is 17.2 Å². The summed E-state index contributed by atoms with van der Waals surface area (Å²) >= 11 is 12.1. The third-order valence-electron chi connectivity index (χ3n) is 4.18. The van der Waals surface area contributed by atoms with E-state index in [0.29, 0.717) is 38.2 Å². The van der Waals surface area contributed by atoms with Gasteiger partial charge in [-0.15, -0.1) is 0 Å². The lowest BCUT2D eigenvalue weighted by Crippen LogP contribution is -2.10. The second kappa shape index (κ2) is 7.22. The van der Waals surface area contributed by atoms with Gasteiger partial charge in [-0.2, -0.15) is 5.10 Å². The molecule has 2 heterocycles. The van der Waals surface area contributed by atoms with E-state index in [0.717, 1.165) is 0 Å². The maximum Gasteiger partial charge on any atom is 0.356 e. The second-order valence-electron chi connectivity index (χ2n) is 5.95. The molecule has 28 heavy (non-hydrogen) atoms. The molecule has 140 valence electrons. The van der Waals surface area contributed by atoms with Crippen LogP contribution in [-0.2, 0) is 4.74 Å². The lowest BCUT2D eigenvalue weighted by molar-refractivity contribution is 0.0590. The molecule has 5 nitrogen and oxygen atoms in total. The van der Waals surface area contributed by atoms with Gasteiger partial charge in [0.25, 0.3) is 0 Å². The van der Waals surface area contributed by atoms with E-state index in [9.17, 15) is 9.18 Å². The quantitative estimate of drug-likeness (QED) is 0.426. The first-order valence-corrected chi connectivity index (χ1v) is 8.92. The van der Waals surface area contributed by atoms with Crippen LogP contribution >= 0.6 is 23.2 Å². The minimum absolute atomic E-state index is 0.196. The summed E-state index contributed by atoms with van der Waals surface area (Å²) in [4.78, 5) is 16.9. The van der Waals surface area contributed by atoms with Gasteiger partial charge in [0.2, 0.25) is 0 Å². The van der Waals surface area contributed by atoms with Crippen LogP contribution in [-0.4, -0.2) is 27.7 Å². The molecule has 8 heteroatoms. The molecule has 0 radical (unpaired) electrons. The van der Waals surface area contributed by atoms with Crippen molar-refractivity contribution in [2.75, 3.05) is 7.11 Å². The Hall–Kier alpha value is -2.96. The topological polar surface area (TPSA) is 56.5 Å². The van der Waals surface area contributed by atoms with Crippen LogP contribution in [0.5, 0.6) is 0 Å². The van der Waals surface area contributed by atoms with Gasteiger partial charge in [-0.3, -0.25) is 0 Å². The van der Waals surface area contributed by atoms with E-state index < -0.39 is 5.97 Å². The molecule has 2 aromatic heterocycles. The van der Waals surface area contributed by atoms with E-state index in [1.165, 1.54) is 23.8 Å². The molecule has 0 aliphatic heterocycles. The van der Waals surface area contributed by atoms with Gasteiger partial charge in [0.1, 0.15) is 5.82 Å². The van der Waals surface area contributed by atoms with Crippen LogP contribution in [0.1, 0.15) is 10.5 Å². The van der Waals surface area contributed by atoms with Gasteiger partial charge in [0.15, 0.2) is 11.3 Å². The third kappa shape index (κ3) is 3.32. The molecule has 0 saturated carbocycles. The molecule has 0 N–H and O–H groups in total. The highest BCUT2D eigenvalue weighted by molar-refractivity contribution is 6.42. The average molecular weight is 416 g/mol. The van der Waals surface area contributed by atoms with E-state index in [1.54, 1.807) is 42.5 Å². The first-order valence-electron chi connectivity index (χ1n) is 8.17. The predicted molar refractivity (Wildman–Crippen MR) is 105 cm³/mol. The molecule has 0 amide bonds. The van der Waals surface area contributed by atoms with Crippen LogP contribution in [0.3, 0.4) is 0 Å². The van der Waals surface area contributed by atoms with E-state index in [4.69, 9.17) is 27.9 Å². The fraction of sp³-hybridized carbons (Fsp3) is 0.0500. The number of rotatable bonds is 3. The molecule has 4 rings (SSSR count). The zero-order valence-electron chi connectivity index (χ0n) is 14.5. The highest BCUT2D eigenvalue weighted by Gasteiger charge is 2.18. The number of nitrogens with zero attached hydrogens (tertiary/aromatic N) is 3. The van der Waals surface area contributed by atoms with Crippen molar-refractivity contribution in [3.05, 3.63) is 76.2 Å². The molecule has 0 spiro atoms.